The molecule has 23 heavy (non-hydrogen) atoms. The van der Waals surface area contributed by atoms with Crippen LogP contribution in [0.1, 0.15) is 15.4 Å². The molecule has 2 N–H and O–H groups in total. The van der Waals surface area contributed by atoms with Gasteiger partial charge in [-0.15, -0.1) is 11.3 Å². The summed E-state index contributed by atoms with van der Waals surface area (Å²) in [6.45, 7) is 2.37. The van der Waals surface area contributed by atoms with Gasteiger partial charge in [-0.3, -0.25) is 9.52 Å². The quantitative estimate of drug-likeness (QED) is 0.781. The molecule has 0 saturated carbocycles. The normalized spacial score (nSPS) is 11.6. The third-order valence-electron chi connectivity index (χ3n) is 2.75. The Morgan fingerprint density at radius 3 is 2.57 bits per heavy atom. The van der Waals surface area contributed by atoms with Crippen LogP contribution in [0.2, 0.25) is 0 Å². The maximum Gasteiger partial charge on any atom is 0.244 e. The van der Waals surface area contributed by atoms with E-state index in [9.17, 15) is 13.2 Å². The number of carbonyl (C=O) groups excluding carboxylic acids is 1. The molecule has 1 aromatic heterocycles. The van der Waals surface area contributed by atoms with Gasteiger partial charge >= 0.3 is 0 Å². The first kappa shape index (κ1) is 17.2. The van der Waals surface area contributed by atoms with E-state index in [1.165, 1.54) is 6.08 Å². The lowest BCUT2D eigenvalue weighted by molar-refractivity contribution is -0.116. The minimum atomic E-state index is -3.28. The minimum Gasteiger partial charge on any atom is -0.348 e. The second-order valence-electron chi connectivity index (χ2n) is 4.89. The van der Waals surface area contributed by atoms with Gasteiger partial charge in [-0.25, -0.2) is 13.4 Å². The summed E-state index contributed by atoms with van der Waals surface area (Å²) in [6, 6.07) is 6.73. The largest absolute Gasteiger partial charge is 0.348 e. The molecule has 0 aliphatic rings. The third-order valence-corrected chi connectivity index (χ3v) is 4.27. The van der Waals surface area contributed by atoms with Gasteiger partial charge in [0.2, 0.25) is 15.9 Å². The van der Waals surface area contributed by atoms with Crippen LogP contribution in [0.4, 0.5) is 5.69 Å². The molecule has 6 nitrogen and oxygen atoms in total. The van der Waals surface area contributed by atoms with Gasteiger partial charge in [0.25, 0.3) is 0 Å². The summed E-state index contributed by atoms with van der Waals surface area (Å²) in [5, 5.41) is 3.74. The fraction of sp³-hybridized carbons (Fsp3) is 0.200. The van der Waals surface area contributed by atoms with Crippen LogP contribution in [0, 0.1) is 6.92 Å². The van der Waals surface area contributed by atoms with Crippen LogP contribution in [-0.2, 0) is 21.4 Å². The third kappa shape index (κ3) is 6.21. The molecule has 1 amide bonds. The molecule has 0 aliphatic heterocycles. The van der Waals surface area contributed by atoms with Crippen molar-refractivity contribution < 1.29 is 13.2 Å². The number of hydrogen-bond donors (Lipinski definition) is 2. The number of anilines is 1. The molecule has 8 heteroatoms. The smallest absolute Gasteiger partial charge is 0.244 e. The highest BCUT2D eigenvalue weighted by atomic mass is 32.2. The van der Waals surface area contributed by atoms with Crippen LogP contribution in [-0.4, -0.2) is 25.6 Å². The number of amides is 1. The molecular weight excluding hydrogens is 334 g/mol. The second-order valence-corrected chi connectivity index (χ2v) is 7.96. The van der Waals surface area contributed by atoms with E-state index >= 15 is 0 Å². The Hall–Kier alpha value is -2.19. The van der Waals surface area contributed by atoms with Crippen LogP contribution >= 0.6 is 11.3 Å². The number of hydrogen-bond acceptors (Lipinski definition) is 5. The zero-order chi connectivity index (χ0) is 16.9. The Kier molecular flexibility index (Phi) is 5.51. The number of rotatable bonds is 6. The average molecular weight is 351 g/mol. The van der Waals surface area contributed by atoms with E-state index in [1.54, 1.807) is 47.9 Å². The highest BCUT2D eigenvalue weighted by Gasteiger charge is 2.02. The molecule has 0 atom stereocenters. The minimum absolute atomic E-state index is 0.200. The summed E-state index contributed by atoms with van der Waals surface area (Å²) in [5.41, 5.74) is 1.28. The fourth-order valence-corrected chi connectivity index (χ4v) is 3.07. The molecular formula is C15H17N3O3S2. The van der Waals surface area contributed by atoms with Crippen molar-refractivity contribution >= 4 is 39.0 Å². The average Bonchev–Trinajstić information content (AvgIpc) is 2.88. The Bertz CT molecular complexity index is 809. The van der Waals surface area contributed by atoms with E-state index in [1.807, 2.05) is 6.92 Å². The van der Waals surface area contributed by atoms with Crippen molar-refractivity contribution in [3.8, 4) is 0 Å². The molecule has 0 aliphatic carbocycles. The van der Waals surface area contributed by atoms with Crippen molar-refractivity contribution in [1.29, 1.82) is 0 Å². The lowest BCUT2D eigenvalue weighted by atomic mass is 10.2. The Morgan fingerprint density at radius 1 is 1.30 bits per heavy atom. The summed E-state index contributed by atoms with van der Waals surface area (Å²) >= 11 is 1.54. The number of sulfonamides is 1. The fourth-order valence-electron chi connectivity index (χ4n) is 1.77. The first-order valence-corrected chi connectivity index (χ1v) is 9.48. The molecule has 2 aromatic rings. The van der Waals surface area contributed by atoms with E-state index in [4.69, 9.17) is 0 Å². The highest BCUT2D eigenvalue weighted by Crippen LogP contribution is 2.12. The molecule has 0 spiro atoms. The number of aryl methyl sites for hydroxylation is 1. The first-order chi connectivity index (χ1) is 10.8. The first-order valence-electron chi connectivity index (χ1n) is 6.77. The molecule has 122 valence electrons. The summed E-state index contributed by atoms with van der Waals surface area (Å²) < 4.78 is 24.6. The van der Waals surface area contributed by atoms with E-state index in [0.717, 1.165) is 21.7 Å². The summed E-state index contributed by atoms with van der Waals surface area (Å²) in [5.74, 6) is -0.200. The molecule has 1 heterocycles. The Morgan fingerprint density at radius 2 is 2.00 bits per heavy atom. The predicted octanol–water partition coefficient (Wildman–Crippen LogP) is 2.15. The van der Waals surface area contributed by atoms with Gasteiger partial charge in [0, 0.05) is 22.8 Å². The lowest BCUT2D eigenvalue weighted by Crippen LogP contribution is -2.19. The van der Waals surface area contributed by atoms with Gasteiger partial charge in [0.15, 0.2) is 0 Å². The van der Waals surface area contributed by atoms with Crippen molar-refractivity contribution in [2.24, 2.45) is 0 Å². The van der Waals surface area contributed by atoms with Crippen molar-refractivity contribution in [3.05, 3.63) is 52.0 Å². The van der Waals surface area contributed by atoms with E-state index in [-0.39, 0.29) is 5.91 Å². The van der Waals surface area contributed by atoms with Crippen molar-refractivity contribution in [1.82, 2.24) is 10.3 Å². The summed E-state index contributed by atoms with van der Waals surface area (Å²) in [4.78, 5) is 16.9. The standard InChI is InChI=1S/C15H17N3O3S2/c1-11-16-9-14(22-11)10-17-15(19)8-5-12-3-6-13(7-4-12)18-23(2,20)21/h3-9,18H,10H2,1-2H3,(H,17,19). The van der Waals surface area contributed by atoms with Crippen LogP contribution in [0.25, 0.3) is 6.08 Å². The zero-order valence-electron chi connectivity index (χ0n) is 12.7. The lowest BCUT2D eigenvalue weighted by Gasteiger charge is -2.03. The van der Waals surface area contributed by atoms with Crippen molar-refractivity contribution in [3.63, 3.8) is 0 Å². The number of nitrogens with one attached hydrogen (secondary N) is 2. The number of thiazole rings is 1. The van der Waals surface area contributed by atoms with E-state index < -0.39 is 10.0 Å². The molecule has 0 radical (unpaired) electrons. The van der Waals surface area contributed by atoms with Crippen LogP contribution in [0.3, 0.4) is 0 Å². The number of benzene rings is 1. The van der Waals surface area contributed by atoms with Gasteiger partial charge < -0.3 is 5.32 Å². The number of nitrogens with zero attached hydrogens (tertiary/aromatic N) is 1. The topological polar surface area (TPSA) is 88.2 Å². The molecule has 0 bridgehead atoms. The number of carbonyl (C=O) groups is 1. The van der Waals surface area contributed by atoms with E-state index in [2.05, 4.69) is 15.0 Å². The SMILES string of the molecule is Cc1ncc(CNC(=O)C=Cc2ccc(NS(C)(=O)=O)cc2)s1. The summed E-state index contributed by atoms with van der Waals surface area (Å²) in [7, 11) is -3.28. The van der Waals surface area contributed by atoms with Gasteiger partial charge in [0.1, 0.15) is 0 Å². The molecule has 0 fully saturated rings. The van der Waals surface area contributed by atoms with Crippen LogP contribution in [0.15, 0.2) is 36.5 Å². The maximum atomic E-state index is 11.7. The molecule has 0 unspecified atom stereocenters. The highest BCUT2D eigenvalue weighted by molar-refractivity contribution is 7.92. The van der Waals surface area contributed by atoms with Crippen LogP contribution < -0.4 is 10.0 Å². The van der Waals surface area contributed by atoms with Crippen molar-refractivity contribution in [2.45, 2.75) is 13.5 Å². The van der Waals surface area contributed by atoms with E-state index in [0.29, 0.717) is 12.2 Å². The second kappa shape index (κ2) is 7.38. The Balaban J connectivity index is 1.88. The monoisotopic (exact) mass is 351 g/mol. The van der Waals surface area contributed by atoms with Gasteiger partial charge in [-0.1, -0.05) is 12.1 Å². The Labute approximate surface area is 139 Å². The maximum absolute atomic E-state index is 11.7. The van der Waals surface area contributed by atoms with Crippen LogP contribution in [0.5, 0.6) is 0 Å². The molecule has 2 rings (SSSR count). The molecule has 1 aromatic carbocycles. The zero-order valence-corrected chi connectivity index (χ0v) is 14.4. The summed E-state index contributed by atoms with van der Waals surface area (Å²) in [6.07, 6.45) is 5.94. The predicted molar refractivity (Wildman–Crippen MR) is 92.6 cm³/mol. The van der Waals surface area contributed by atoms with Gasteiger partial charge in [-0.05, 0) is 30.7 Å². The van der Waals surface area contributed by atoms with Gasteiger partial charge in [0.05, 0.1) is 17.8 Å². The number of aromatic nitrogens is 1. The van der Waals surface area contributed by atoms with Gasteiger partial charge in [-0.2, -0.15) is 0 Å². The van der Waals surface area contributed by atoms with Crippen molar-refractivity contribution in [2.75, 3.05) is 11.0 Å². The molecule has 0 saturated heterocycles.